The van der Waals surface area contributed by atoms with Crippen molar-refractivity contribution in [1.82, 2.24) is 0 Å². The first-order chi connectivity index (χ1) is 11.0. The topological polar surface area (TPSA) is 42.3 Å². The van der Waals surface area contributed by atoms with Gasteiger partial charge in [0, 0.05) is 0 Å². The zero-order valence-corrected chi connectivity index (χ0v) is 22.2. The van der Waals surface area contributed by atoms with Crippen LogP contribution in [0.2, 0.25) is 0 Å². The molecule has 0 atom stereocenters. The molecule has 1 aromatic carbocycles. The predicted molar refractivity (Wildman–Crippen MR) is 104 cm³/mol. The van der Waals surface area contributed by atoms with Gasteiger partial charge in [-0.05, 0) is 0 Å². The van der Waals surface area contributed by atoms with E-state index in [4.69, 9.17) is 0 Å². The summed E-state index contributed by atoms with van der Waals surface area (Å²) in [7, 11) is 0. The molecule has 0 radical (unpaired) electrons. The van der Waals surface area contributed by atoms with Crippen molar-refractivity contribution < 1.29 is 32.8 Å². The molecule has 7 heteroatoms. The molecule has 0 heterocycles. The smallest absolute Gasteiger partial charge is 4.00 e. The van der Waals surface area contributed by atoms with Crippen molar-refractivity contribution in [3.8, 4) is 0 Å². The summed E-state index contributed by atoms with van der Waals surface area (Å²) in [6.45, 7) is 18.1. The molecule has 3 nitrogen and oxygen atoms in total. The summed E-state index contributed by atoms with van der Waals surface area (Å²) in [6, 6.07) is 6.27. The minimum atomic E-state index is -3.89. The van der Waals surface area contributed by atoms with Gasteiger partial charge < -0.3 is 16.0 Å². The van der Waals surface area contributed by atoms with Gasteiger partial charge in [0.1, 0.15) is 0 Å². The first kappa shape index (κ1) is 32.2. The molecule has 0 aromatic heterocycles. The third-order valence-corrected chi connectivity index (χ3v) is 4.15. The standard InChI is InChI=1S/C5H5F2Ge.3C4H10N.Hf/c6-8(7)5-3-1-2-4-5;3*1-3-5-4-2;/h1-4,8H;3*3-4H2,1-2H3;/q4*-1;+4. The van der Waals surface area contributed by atoms with Gasteiger partial charge in [-0.1, -0.05) is 41.5 Å². The average Bonchev–Trinajstić information content (AvgIpc) is 3.06. The molecule has 0 amide bonds. The third-order valence-electron chi connectivity index (χ3n) is 2.28. The molecular formula is C17H35F2GeHfN3. The maximum atomic E-state index is 11.8. The predicted octanol–water partition coefficient (Wildman–Crippen LogP) is 4.97. The zero-order chi connectivity index (χ0) is 18.3. The zero-order valence-electron chi connectivity index (χ0n) is 16.2. The van der Waals surface area contributed by atoms with E-state index in [0.29, 0.717) is 0 Å². The van der Waals surface area contributed by atoms with Gasteiger partial charge in [0.15, 0.2) is 0 Å². The Labute approximate surface area is 173 Å². The van der Waals surface area contributed by atoms with Gasteiger partial charge >= 0.3 is 76.8 Å². The third kappa shape index (κ3) is 34.0. The van der Waals surface area contributed by atoms with Crippen LogP contribution in [0.3, 0.4) is 0 Å². The van der Waals surface area contributed by atoms with Crippen molar-refractivity contribution in [2.45, 2.75) is 41.5 Å². The maximum absolute atomic E-state index is 11.8. The monoisotopic (exact) mass is 573 g/mol. The normalized spacial score (nSPS) is 8.71. The fourth-order valence-electron chi connectivity index (χ4n) is 1.21. The molecule has 0 aliphatic heterocycles. The number of hydrogen-bond acceptors (Lipinski definition) is 0. The SMILES string of the molecule is CC[N-]CC.CC[N-]CC.CC[N-]CC.[F][GeH]([F])[c-]1cccc1.[Hf+4]. The summed E-state index contributed by atoms with van der Waals surface area (Å²) < 4.78 is 23.9. The van der Waals surface area contributed by atoms with Gasteiger partial charge in [0.25, 0.3) is 0 Å². The van der Waals surface area contributed by atoms with Crippen LogP contribution in [0.4, 0.5) is 7.00 Å². The van der Waals surface area contributed by atoms with Crippen LogP contribution in [0.5, 0.6) is 0 Å². The summed E-state index contributed by atoms with van der Waals surface area (Å²) >= 11 is -3.89. The molecule has 0 unspecified atom stereocenters. The Balaban J connectivity index is -0.000000113. The molecule has 0 fully saturated rings. The molecule has 1 rings (SSSR count). The molecule has 1 aromatic rings. The quantitative estimate of drug-likeness (QED) is 0.329. The molecule has 0 spiro atoms. The average molecular weight is 571 g/mol. The Kier molecular flexibility index (Phi) is 42.0. The summed E-state index contributed by atoms with van der Waals surface area (Å²) in [5.41, 5.74) is 0. The van der Waals surface area contributed by atoms with Crippen LogP contribution in [0.25, 0.3) is 16.0 Å². The minimum absolute atomic E-state index is 0. The first-order valence-corrected chi connectivity index (χ1v) is 11.5. The van der Waals surface area contributed by atoms with Crippen molar-refractivity contribution in [3.63, 3.8) is 0 Å². The van der Waals surface area contributed by atoms with Crippen LogP contribution in [0.1, 0.15) is 41.5 Å². The molecule has 0 aliphatic rings. The van der Waals surface area contributed by atoms with E-state index in [9.17, 15) is 7.00 Å². The molecule has 24 heavy (non-hydrogen) atoms. The second-order valence-corrected chi connectivity index (χ2v) is 6.75. The molecule has 0 saturated carbocycles. The van der Waals surface area contributed by atoms with Crippen LogP contribution in [-0.4, -0.2) is 54.5 Å². The second kappa shape index (κ2) is 31.3. The summed E-state index contributed by atoms with van der Waals surface area (Å²) in [4.78, 5) is 0. The number of hydrogen-bond donors (Lipinski definition) is 0. The summed E-state index contributed by atoms with van der Waals surface area (Å²) in [5, 5.41) is 11.9. The van der Waals surface area contributed by atoms with E-state index >= 15 is 0 Å². The molecule has 0 aliphatic carbocycles. The van der Waals surface area contributed by atoms with Crippen LogP contribution in [0.15, 0.2) is 24.3 Å². The molecular weight excluding hydrogens is 535 g/mol. The van der Waals surface area contributed by atoms with E-state index in [1.165, 1.54) is 12.1 Å². The van der Waals surface area contributed by atoms with E-state index in [2.05, 4.69) is 16.0 Å². The second-order valence-electron chi connectivity index (χ2n) is 4.09. The van der Waals surface area contributed by atoms with Crippen LogP contribution >= 0.6 is 0 Å². The van der Waals surface area contributed by atoms with Crippen molar-refractivity contribution in [1.29, 1.82) is 0 Å². The van der Waals surface area contributed by atoms with Gasteiger partial charge in [-0.25, -0.2) is 0 Å². The Morgan fingerprint density at radius 1 is 0.667 bits per heavy atom. The Bertz CT molecular complexity index is 257. The fraction of sp³-hybridized carbons (Fsp3) is 0.706. The van der Waals surface area contributed by atoms with Gasteiger partial charge in [-0.2, -0.15) is 39.3 Å². The Hall–Kier alpha value is 0.503. The Morgan fingerprint density at radius 2 is 0.917 bits per heavy atom. The van der Waals surface area contributed by atoms with E-state index in [1.54, 1.807) is 12.1 Å². The number of halogens is 2. The van der Waals surface area contributed by atoms with E-state index in [1.807, 2.05) is 41.5 Å². The van der Waals surface area contributed by atoms with Crippen molar-refractivity contribution >= 4 is 19.7 Å². The van der Waals surface area contributed by atoms with Crippen LogP contribution < -0.4 is 4.40 Å². The van der Waals surface area contributed by atoms with Crippen LogP contribution in [-0.2, 0) is 25.8 Å². The van der Waals surface area contributed by atoms with Crippen molar-refractivity contribution in [2.24, 2.45) is 0 Å². The molecule has 0 saturated heterocycles. The van der Waals surface area contributed by atoms with Crippen molar-refractivity contribution in [3.05, 3.63) is 40.2 Å². The maximum Gasteiger partial charge on any atom is 4.00 e. The van der Waals surface area contributed by atoms with Crippen molar-refractivity contribution in [2.75, 3.05) is 39.3 Å². The fourth-order valence-corrected chi connectivity index (χ4v) is 2.28. The summed E-state index contributed by atoms with van der Waals surface area (Å²) in [5.74, 6) is 0. The number of nitrogens with zero attached hydrogens (tertiary/aromatic N) is 3. The minimum Gasteiger partial charge on any atom is 4.00 e. The van der Waals surface area contributed by atoms with Gasteiger partial charge in [0.2, 0.25) is 0 Å². The van der Waals surface area contributed by atoms with Crippen LogP contribution in [0, 0.1) is 0 Å². The Morgan fingerprint density at radius 3 is 1.00 bits per heavy atom. The summed E-state index contributed by atoms with van der Waals surface area (Å²) in [6.07, 6.45) is 0. The molecule has 140 valence electrons. The van der Waals surface area contributed by atoms with Gasteiger partial charge in [0.05, 0.1) is 0 Å². The largest absolute Gasteiger partial charge is 4.00 e. The number of rotatable bonds is 7. The first-order valence-electron chi connectivity index (χ1n) is 8.44. The molecule has 0 N–H and O–H groups in total. The van der Waals surface area contributed by atoms with Gasteiger partial charge in [-0.15, -0.1) is 0 Å². The van der Waals surface area contributed by atoms with E-state index in [0.717, 1.165) is 39.3 Å². The van der Waals surface area contributed by atoms with Gasteiger partial charge in [-0.3, -0.25) is 0 Å². The van der Waals surface area contributed by atoms with E-state index in [-0.39, 0.29) is 30.2 Å². The van der Waals surface area contributed by atoms with E-state index < -0.39 is 15.3 Å². The molecule has 0 bridgehead atoms.